The molecule has 0 aromatic heterocycles. The average molecular weight is 191 g/mol. The van der Waals surface area contributed by atoms with Gasteiger partial charge >= 0.3 is 0 Å². The van der Waals surface area contributed by atoms with E-state index in [0.717, 1.165) is 6.07 Å². The number of carbonyl (C=O) groups is 1. The summed E-state index contributed by atoms with van der Waals surface area (Å²) in [7, 11) is 0. The summed E-state index contributed by atoms with van der Waals surface area (Å²) in [6.45, 7) is 1.43. The molecule has 1 aromatic carbocycles. The van der Waals surface area contributed by atoms with E-state index in [2.05, 4.69) is 0 Å². The minimum atomic E-state index is -0.932. The second-order valence-corrected chi connectivity index (χ2v) is 2.70. The first kappa shape index (κ1) is 9.13. The molecule has 0 saturated heterocycles. The topological polar surface area (TPSA) is 17.1 Å². The predicted molar refractivity (Wildman–Crippen MR) is 41.3 cm³/mol. The molecule has 0 atom stereocenters. The van der Waals surface area contributed by atoms with Crippen LogP contribution < -0.4 is 0 Å². The Labute approximate surface area is 73.0 Å². The fourth-order valence-electron chi connectivity index (χ4n) is 0.808. The SMILES string of the molecule is Cc1cc(C(=O)Cl)c(F)cc1F. The molecule has 1 nitrogen and oxygen atoms in total. The Morgan fingerprint density at radius 3 is 2.42 bits per heavy atom. The van der Waals surface area contributed by atoms with E-state index in [-0.39, 0.29) is 11.1 Å². The van der Waals surface area contributed by atoms with Gasteiger partial charge < -0.3 is 0 Å². The van der Waals surface area contributed by atoms with Crippen LogP contribution in [-0.2, 0) is 0 Å². The van der Waals surface area contributed by atoms with Crippen LogP contribution >= 0.6 is 11.6 Å². The molecule has 0 amide bonds. The van der Waals surface area contributed by atoms with Crippen LogP contribution in [0.15, 0.2) is 12.1 Å². The largest absolute Gasteiger partial charge is 0.275 e. The third-order valence-electron chi connectivity index (χ3n) is 1.46. The summed E-state index contributed by atoms with van der Waals surface area (Å²) in [5.74, 6) is -1.62. The fourth-order valence-corrected chi connectivity index (χ4v) is 0.953. The molecule has 0 aliphatic carbocycles. The molecule has 1 aromatic rings. The van der Waals surface area contributed by atoms with Crippen molar-refractivity contribution < 1.29 is 13.6 Å². The summed E-state index contributed by atoms with van der Waals surface area (Å²) in [4.78, 5) is 10.5. The first-order valence-electron chi connectivity index (χ1n) is 3.18. The molecule has 1 rings (SSSR count). The summed E-state index contributed by atoms with van der Waals surface area (Å²) < 4.78 is 25.4. The monoisotopic (exact) mass is 190 g/mol. The van der Waals surface area contributed by atoms with Gasteiger partial charge in [-0.05, 0) is 30.2 Å². The van der Waals surface area contributed by atoms with Crippen LogP contribution in [0.1, 0.15) is 15.9 Å². The zero-order chi connectivity index (χ0) is 9.30. The smallest absolute Gasteiger partial charge is 0.255 e. The second-order valence-electron chi connectivity index (χ2n) is 2.35. The molecule has 0 unspecified atom stereocenters. The van der Waals surface area contributed by atoms with Crippen LogP contribution in [0.3, 0.4) is 0 Å². The average Bonchev–Trinajstić information content (AvgIpc) is 1.96. The van der Waals surface area contributed by atoms with Crippen molar-refractivity contribution in [3.63, 3.8) is 0 Å². The van der Waals surface area contributed by atoms with Crippen LogP contribution in [0, 0.1) is 18.6 Å². The molecule has 0 spiro atoms. The Bertz CT molecular complexity index is 336. The zero-order valence-corrected chi connectivity index (χ0v) is 6.95. The van der Waals surface area contributed by atoms with E-state index in [1.165, 1.54) is 6.92 Å². The number of rotatable bonds is 1. The van der Waals surface area contributed by atoms with Gasteiger partial charge in [-0.15, -0.1) is 0 Å². The summed E-state index contributed by atoms with van der Waals surface area (Å²) in [6, 6.07) is 1.73. The van der Waals surface area contributed by atoms with Gasteiger partial charge in [0.1, 0.15) is 11.6 Å². The van der Waals surface area contributed by atoms with Crippen molar-refractivity contribution in [3.8, 4) is 0 Å². The molecule has 64 valence electrons. The Kier molecular flexibility index (Phi) is 2.43. The summed E-state index contributed by atoms with van der Waals surface area (Å²) in [6.07, 6.45) is 0. The summed E-state index contributed by atoms with van der Waals surface area (Å²) in [5.41, 5.74) is -0.101. The van der Waals surface area contributed by atoms with Gasteiger partial charge in [-0.1, -0.05) is 0 Å². The van der Waals surface area contributed by atoms with E-state index in [0.29, 0.717) is 6.07 Å². The highest BCUT2D eigenvalue weighted by Crippen LogP contribution is 2.15. The molecular weight excluding hydrogens is 186 g/mol. The van der Waals surface area contributed by atoms with Crippen molar-refractivity contribution in [1.82, 2.24) is 0 Å². The molecule has 4 heteroatoms. The molecule has 0 radical (unpaired) electrons. The van der Waals surface area contributed by atoms with Crippen molar-refractivity contribution in [2.75, 3.05) is 0 Å². The maximum absolute atomic E-state index is 12.7. The molecule has 0 fully saturated rings. The van der Waals surface area contributed by atoms with Crippen LogP contribution in [0.25, 0.3) is 0 Å². The second kappa shape index (κ2) is 3.19. The maximum Gasteiger partial charge on any atom is 0.255 e. The van der Waals surface area contributed by atoms with E-state index < -0.39 is 16.9 Å². The molecule has 0 aliphatic heterocycles. The Balaban J connectivity index is 3.33. The van der Waals surface area contributed by atoms with Crippen molar-refractivity contribution in [2.24, 2.45) is 0 Å². The lowest BCUT2D eigenvalue weighted by Gasteiger charge is -1.99. The first-order chi connectivity index (χ1) is 5.52. The minimum absolute atomic E-state index is 0.195. The van der Waals surface area contributed by atoms with E-state index in [9.17, 15) is 13.6 Å². The minimum Gasteiger partial charge on any atom is -0.275 e. The fraction of sp³-hybridized carbons (Fsp3) is 0.125. The quantitative estimate of drug-likeness (QED) is 0.623. The number of hydrogen-bond acceptors (Lipinski definition) is 1. The molecule has 12 heavy (non-hydrogen) atoms. The molecular formula is C8H5ClF2O. The summed E-state index contributed by atoms with van der Waals surface area (Å²) >= 11 is 5.03. The third-order valence-corrected chi connectivity index (χ3v) is 1.66. The Morgan fingerprint density at radius 2 is 1.92 bits per heavy atom. The van der Waals surface area contributed by atoms with Crippen LogP contribution in [0.4, 0.5) is 8.78 Å². The van der Waals surface area contributed by atoms with Gasteiger partial charge in [-0.2, -0.15) is 0 Å². The van der Waals surface area contributed by atoms with Gasteiger partial charge in [0.25, 0.3) is 5.24 Å². The van der Waals surface area contributed by atoms with Gasteiger partial charge in [0.05, 0.1) is 5.56 Å². The number of hydrogen-bond donors (Lipinski definition) is 0. The normalized spacial score (nSPS) is 10.0. The number of carbonyl (C=O) groups excluding carboxylic acids is 1. The molecule has 0 aliphatic rings. The highest BCUT2D eigenvalue weighted by atomic mass is 35.5. The molecule has 0 bridgehead atoms. The molecule has 0 saturated carbocycles. The summed E-state index contributed by atoms with van der Waals surface area (Å²) in [5, 5.41) is -0.921. The zero-order valence-electron chi connectivity index (χ0n) is 6.20. The highest BCUT2D eigenvalue weighted by Gasteiger charge is 2.11. The van der Waals surface area contributed by atoms with Crippen molar-refractivity contribution in [2.45, 2.75) is 6.92 Å². The Morgan fingerprint density at radius 1 is 1.33 bits per heavy atom. The molecule has 0 N–H and O–H groups in total. The van der Waals surface area contributed by atoms with Crippen molar-refractivity contribution in [3.05, 3.63) is 34.9 Å². The van der Waals surface area contributed by atoms with E-state index >= 15 is 0 Å². The van der Waals surface area contributed by atoms with Gasteiger partial charge in [0.2, 0.25) is 0 Å². The number of halogens is 3. The van der Waals surface area contributed by atoms with Crippen LogP contribution in [-0.4, -0.2) is 5.24 Å². The van der Waals surface area contributed by atoms with Crippen molar-refractivity contribution >= 4 is 16.8 Å². The van der Waals surface area contributed by atoms with E-state index in [1.807, 2.05) is 0 Å². The van der Waals surface area contributed by atoms with E-state index in [1.54, 1.807) is 0 Å². The van der Waals surface area contributed by atoms with Gasteiger partial charge in [-0.25, -0.2) is 8.78 Å². The lowest BCUT2D eigenvalue weighted by Crippen LogP contribution is -1.97. The standard InChI is InChI=1S/C8H5ClF2O/c1-4-2-5(8(9)12)7(11)3-6(4)10/h2-3H,1H3. The first-order valence-corrected chi connectivity index (χ1v) is 3.55. The lowest BCUT2D eigenvalue weighted by atomic mass is 10.1. The Hall–Kier alpha value is -0.960. The number of benzene rings is 1. The van der Waals surface area contributed by atoms with Gasteiger partial charge in [-0.3, -0.25) is 4.79 Å². The lowest BCUT2D eigenvalue weighted by molar-refractivity contribution is 0.107. The van der Waals surface area contributed by atoms with Gasteiger partial charge in [0.15, 0.2) is 0 Å². The van der Waals surface area contributed by atoms with Crippen molar-refractivity contribution in [1.29, 1.82) is 0 Å². The highest BCUT2D eigenvalue weighted by molar-refractivity contribution is 6.67. The maximum atomic E-state index is 12.7. The van der Waals surface area contributed by atoms with Crippen LogP contribution in [0.5, 0.6) is 0 Å². The molecule has 0 heterocycles. The number of aryl methyl sites for hydroxylation is 1. The van der Waals surface area contributed by atoms with Gasteiger partial charge in [0, 0.05) is 6.07 Å². The third kappa shape index (κ3) is 1.61. The van der Waals surface area contributed by atoms with Crippen LogP contribution in [0.2, 0.25) is 0 Å². The van der Waals surface area contributed by atoms with E-state index in [4.69, 9.17) is 11.6 Å². The predicted octanol–water partition coefficient (Wildman–Crippen LogP) is 2.65.